The number of rotatable bonds is 2. The Balaban J connectivity index is 2.36. The fraction of sp³-hybridized carbons (Fsp3) is 0. The molecule has 3 aromatic rings. The third kappa shape index (κ3) is 1.72. The van der Waals surface area contributed by atoms with Gasteiger partial charge in [0.2, 0.25) is 0 Å². The van der Waals surface area contributed by atoms with E-state index in [9.17, 15) is 4.79 Å². The number of hydrogen-bond donors (Lipinski definition) is 2. The maximum atomic E-state index is 11.5. The van der Waals surface area contributed by atoms with Gasteiger partial charge in [-0.1, -0.05) is 18.2 Å². The standard InChI is InChI=1S/C14H12N4O/c15-10-5-3-4-9(14(16)19)13(10)18-8-17-11-6-1-2-7-12(11)18/h1-8H,15H2,(H2,16,19). The molecule has 0 aliphatic rings. The first-order valence-corrected chi connectivity index (χ1v) is 5.79. The topological polar surface area (TPSA) is 86.9 Å². The molecule has 0 fully saturated rings. The monoisotopic (exact) mass is 252 g/mol. The fourth-order valence-electron chi connectivity index (χ4n) is 2.17. The highest BCUT2D eigenvalue weighted by Crippen LogP contribution is 2.25. The lowest BCUT2D eigenvalue weighted by Gasteiger charge is -2.11. The van der Waals surface area contributed by atoms with Gasteiger partial charge in [-0.2, -0.15) is 0 Å². The number of benzene rings is 2. The molecule has 0 saturated heterocycles. The average Bonchev–Trinajstić information content (AvgIpc) is 2.82. The molecule has 4 N–H and O–H groups in total. The van der Waals surface area contributed by atoms with Crippen molar-refractivity contribution >= 4 is 22.6 Å². The zero-order valence-corrected chi connectivity index (χ0v) is 10.1. The van der Waals surface area contributed by atoms with Crippen LogP contribution in [0, 0.1) is 0 Å². The normalized spacial score (nSPS) is 10.7. The van der Waals surface area contributed by atoms with E-state index in [4.69, 9.17) is 11.5 Å². The van der Waals surface area contributed by atoms with Gasteiger partial charge in [0.25, 0.3) is 5.91 Å². The smallest absolute Gasteiger partial charge is 0.250 e. The molecule has 0 radical (unpaired) electrons. The van der Waals surface area contributed by atoms with Crippen LogP contribution in [0.15, 0.2) is 48.8 Å². The second kappa shape index (κ2) is 4.13. The Morgan fingerprint density at radius 3 is 2.68 bits per heavy atom. The summed E-state index contributed by atoms with van der Waals surface area (Å²) in [5, 5.41) is 0. The number of amides is 1. The van der Waals surface area contributed by atoms with Crippen molar-refractivity contribution in [1.29, 1.82) is 0 Å². The van der Waals surface area contributed by atoms with E-state index in [0.29, 0.717) is 16.9 Å². The zero-order chi connectivity index (χ0) is 13.4. The van der Waals surface area contributed by atoms with Crippen LogP contribution < -0.4 is 11.5 Å². The summed E-state index contributed by atoms with van der Waals surface area (Å²) in [7, 11) is 0. The van der Waals surface area contributed by atoms with Gasteiger partial charge < -0.3 is 11.5 Å². The lowest BCUT2D eigenvalue weighted by Crippen LogP contribution is -2.15. The van der Waals surface area contributed by atoms with E-state index in [-0.39, 0.29) is 0 Å². The summed E-state index contributed by atoms with van der Waals surface area (Å²) in [6.07, 6.45) is 1.64. The molecule has 0 unspecified atom stereocenters. The number of hydrogen-bond acceptors (Lipinski definition) is 3. The molecular formula is C14H12N4O. The summed E-state index contributed by atoms with van der Waals surface area (Å²) in [5.41, 5.74) is 14.5. The van der Waals surface area contributed by atoms with Crippen molar-refractivity contribution in [2.45, 2.75) is 0 Å². The number of anilines is 1. The van der Waals surface area contributed by atoms with Crippen LogP contribution in [0.1, 0.15) is 10.4 Å². The van der Waals surface area contributed by atoms with Crippen LogP contribution in [-0.2, 0) is 0 Å². The lowest BCUT2D eigenvalue weighted by atomic mass is 10.1. The molecule has 0 aliphatic carbocycles. The highest BCUT2D eigenvalue weighted by atomic mass is 16.1. The molecule has 0 atom stereocenters. The summed E-state index contributed by atoms with van der Waals surface area (Å²) in [6, 6.07) is 12.7. The van der Waals surface area contributed by atoms with E-state index in [2.05, 4.69) is 4.98 Å². The summed E-state index contributed by atoms with van der Waals surface area (Å²) in [6.45, 7) is 0. The van der Waals surface area contributed by atoms with Crippen LogP contribution >= 0.6 is 0 Å². The first-order valence-electron chi connectivity index (χ1n) is 5.79. The predicted octanol–water partition coefficient (Wildman–Crippen LogP) is 1.71. The van der Waals surface area contributed by atoms with Crippen molar-refractivity contribution in [3.05, 3.63) is 54.4 Å². The number of carbonyl (C=O) groups excluding carboxylic acids is 1. The molecule has 1 amide bonds. The molecule has 19 heavy (non-hydrogen) atoms. The summed E-state index contributed by atoms with van der Waals surface area (Å²) in [4.78, 5) is 15.8. The number of nitrogen functional groups attached to an aromatic ring is 1. The van der Waals surface area contributed by atoms with Crippen molar-refractivity contribution in [3.8, 4) is 5.69 Å². The number of aromatic nitrogens is 2. The van der Waals surface area contributed by atoms with Gasteiger partial charge in [-0.05, 0) is 24.3 Å². The van der Waals surface area contributed by atoms with E-state index < -0.39 is 5.91 Å². The SMILES string of the molecule is NC(=O)c1cccc(N)c1-n1cnc2ccccc21. The largest absolute Gasteiger partial charge is 0.397 e. The second-order valence-corrected chi connectivity index (χ2v) is 4.21. The molecule has 3 rings (SSSR count). The summed E-state index contributed by atoms with van der Waals surface area (Å²) >= 11 is 0. The number of carbonyl (C=O) groups is 1. The predicted molar refractivity (Wildman–Crippen MR) is 74.0 cm³/mol. The minimum atomic E-state index is -0.514. The van der Waals surface area contributed by atoms with Gasteiger partial charge in [0.05, 0.1) is 28.0 Å². The fourth-order valence-corrected chi connectivity index (χ4v) is 2.17. The number of primary amides is 1. The van der Waals surface area contributed by atoms with Crippen molar-refractivity contribution in [1.82, 2.24) is 9.55 Å². The highest BCUT2D eigenvalue weighted by Gasteiger charge is 2.14. The van der Waals surface area contributed by atoms with Crippen LogP contribution in [-0.4, -0.2) is 15.5 Å². The Morgan fingerprint density at radius 1 is 1.11 bits per heavy atom. The van der Waals surface area contributed by atoms with Crippen molar-refractivity contribution < 1.29 is 4.79 Å². The number of imidazole rings is 1. The van der Waals surface area contributed by atoms with Gasteiger partial charge in [-0.15, -0.1) is 0 Å². The first-order chi connectivity index (χ1) is 9.18. The Bertz CT molecular complexity index is 776. The average molecular weight is 252 g/mol. The molecule has 5 nitrogen and oxygen atoms in total. The third-order valence-corrected chi connectivity index (χ3v) is 3.03. The Morgan fingerprint density at radius 2 is 1.89 bits per heavy atom. The second-order valence-electron chi connectivity index (χ2n) is 4.21. The molecular weight excluding hydrogens is 240 g/mol. The van der Waals surface area contributed by atoms with Gasteiger partial charge in [0.1, 0.15) is 6.33 Å². The summed E-state index contributed by atoms with van der Waals surface area (Å²) < 4.78 is 1.78. The van der Waals surface area contributed by atoms with E-state index in [1.165, 1.54) is 0 Å². The Hall–Kier alpha value is -2.82. The van der Waals surface area contributed by atoms with Crippen LogP contribution in [0.3, 0.4) is 0 Å². The molecule has 0 spiro atoms. The van der Waals surface area contributed by atoms with E-state index in [0.717, 1.165) is 11.0 Å². The molecule has 2 aromatic carbocycles. The van der Waals surface area contributed by atoms with Gasteiger partial charge in [-0.25, -0.2) is 4.98 Å². The van der Waals surface area contributed by atoms with Crippen molar-refractivity contribution in [2.24, 2.45) is 5.73 Å². The molecule has 94 valence electrons. The summed E-state index contributed by atoms with van der Waals surface area (Å²) in [5.74, 6) is -0.514. The molecule has 5 heteroatoms. The number of nitrogens with zero attached hydrogens (tertiary/aromatic N) is 2. The van der Waals surface area contributed by atoms with E-state index >= 15 is 0 Å². The van der Waals surface area contributed by atoms with E-state index in [1.54, 1.807) is 29.1 Å². The van der Waals surface area contributed by atoms with Crippen LogP contribution in [0.4, 0.5) is 5.69 Å². The molecule has 1 aromatic heterocycles. The third-order valence-electron chi connectivity index (χ3n) is 3.03. The Kier molecular flexibility index (Phi) is 2.45. The highest BCUT2D eigenvalue weighted by molar-refractivity contribution is 5.99. The van der Waals surface area contributed by atoms with Gasteiger partial charge in [0, 0.05) is 0 Å². The number of fused-ring (bicyclic) bond motifs is 1. The maximum absolute atomic E-state index is 11.5. The quantitative estimate of drug-likeness (QED) is 0.680. The van der Waals surface area contributed by atoms with Crippen LogP contribution in [0.25, 0.3) is 16.7 Å². The number of para-hydroxylation sites is 3. The molecule has 0 aliphatic heterocycles. The molecule has 1 heterocycles. The molecule has 0 saturated carbocycles. The van der Waals surface area contributed by atoms with E-state index in [1.807, 2.05) is 24.3 Å². The number of nitrogens with two attached hydrogens (primary N) is 2. The van der Waals surface area contributed by atoms with Gasteiger partial charge >= 0.3 is 0 Å². The molecule has 0 bridgehead atoms. The van der Waals surface area contributed by atoms with Crippen molar-refractivity contribution in [2.75, 3.05) is 5.73 Å². The minimum Gasteiger partial charge on any atom is -0.397 e. The first kappa shape index (κ1) is 11.3. The lowest BCUT2D eigenvalue weighted by molar-refractivity contribution is 0.100. The van der Waals surface area contributed by atoms with Crippen LogP contribution in [0.2, 0.25) is 0 Å². The van der Waals surface area contributed by atoms with Gasteiger partial charge in [-0.3, -0.25) is 9.36 Å². The maximum Gasteiger partial charge on any atom is 0.250 e. The van der Waals surface area contributed by atoms with Crippen LogP contribution in [0.5, 0.6) is 0 Å². The zero-order valence-electron chi connectivity index (χ0n) is 10.1. The Labute approximate surface area is 109 Å². The minimum absolute atomic E-state index is 0.378. The van der Waals surface area contributed by atoms with Crippen molar-refractivity contribution in [3.63, 3.8) is 0 Å². The van der Waals surface area contributed by atoms with Gasteiger partial charge in [0.15, 0.2) is 0 Å².